The van der Waals surface area contributed by atoms with Crippen molar-refractivity contribution >= 4 is 23.5 Å². The van der Waals surface area contributed by atoms with Gasteiger partial charge in [0.25, 0.3) is 0 Å². The summed E-state index contributed by atoms with van der Waals surface area (Å²) >= 11 is 1.63. The zero-order valence-corrected chi connectivity index (χ0v) is 12.8. The second kappa shape index (κ2) is 5.46. The van der Waals surface area contributed by atoms with Gasteiger partial charge in [0, 0.05) is 17.8 Å². The fourth-order valence-electron chi connectivity index (χ4n) is 2.38. The van der Waals surface area contributed by atoms with E-state index in [2.05, 4.69) is 16.7 Å². The highest BCUT2D eigenvalue weighted by molar-refractivity contribution is 8.02. The third kappa shape index (κ3) is 2.64. The Morgan fingerprint density at radius 1 is 1.29 bits per heavy atom. The number of nitrogens with one attached hydrogen (secondary N) is 2. The van der Waals surface area contributed by atoms with Gasteiger partial charge in [0.05, 0.1) is 10.7 Å². The van der Waals surface area contributed by atoms with Gasteiger partial charge < -0.3 is 16.4 Å². The largest absolute Gasteiger partial charge is 0.356 e. The molecule has 0 saturated heterocycles. The van der Waals surface area contributed by atoms with Crippen molar-refractivity contribution in [3.8, 4) is 0 Å². The summed E-state index contributed by atoms with van der Waals surface area (Å²) in [6.45, 7) is 1.94. The summed E-state index contributed by atoms with van der Waals surface area (Å²) in [6, 6.07) is 7.58. The second-order valence-electron chi connectivity index (χ2n) is 5.12. The molecular formula is C15H18N4OS. The summed E-state index contributed by atoms with van der Waals surface area (Å²) in [7, 11) is 0. The van der Waals surface area contributed by atoms with E-state index in [4.69, 9.17) is 5.73 Å². The van der Waals surface area contributed by atoms with Gasteiger partial charge in [-0.3, -0.25) is 4.90 Å². The summed E-state index contributed by atoms with van der Waals surface area (Å²) in [6.07, 6.45) is 5.81. The number of amides is 2. The number of urea groups is 1. The molecule has 21 heavy (non-hydrogen) atoms. The van der Waals surface area contributed by atoms with Gasteiger partial charge in [-0.05, 0) is 37.0 Å². The number of fused-ring (bicyclic) bond motifs is 1. The molecule has 0 radical (unpaired) electrons. The molecule has 0 saturated carbocycles. The van der Waals surface area contributed by atoms with Crippen LogP contribution in [-0.4, -0.2) is 18.5 Å². The van der Waals surface area contributed by atoms with E-state index < -0.39 is 0 Å². The maximum Gasteiger partial charge on any atom is 0.327 e. The number of nitrogens with zero attached hydrogens (tertiary/aromatic N) is 1. The lowest BCUT2D eigenvalue weighted by Gasteiger charge is -2.29. The molecule has 3 rings (SSSR count). The van der Waals surface area contributed by atoms with Crippen molar-refractivity contribution in [3.63, 3.8) is 0 Å². The smallest absolute Gasteiger partial charge is 0.327 e. The predicted octanol–water partition coefficient (Wildman–Crippen LogP) is 2.25. The van der Waals surface area contributed by atoms with E-state index in [1.54, 1.807) is 16.7 Å². The Kier molecular flexibility index (Phi) is 3.65. The number of carbonyl (C=O) groups excluding carboxylic acids is 1. The van der Waals surface area contributed by atoms with Crippen molar-refractivity contribution < 1.29 is 4.79 Å². The minimum Gasteiger partial charge on any atom is -0.356 e. The average Bonchev–Trinajstić information content (AvgIpc) is 2.88. The minimum atomic E-state index is -0.138. The van der Waals surface area contributed by atoms with Crippen molar-refractivity contribution in [2.75, 3.05) is 11.2 Å². The molecule has 2 amide bonds. The second-order valence-corrected chi connectivity index (χ2v) is 5.97. The van der Waals surface area contributed by atoms with E-state index in [1.807, 2.05) is 43.6 Å². The molecule has 0 fully saturated rings. The number of rotatable bonds is 3. The highest BCUT2D eigenvalue weighted by atomic mass is 32.2. The Hall–Kier alpha value is -1.92. The number of hydrogen-bond acceptors (Lipinski definition) is 4. The zero-order valence-electron chi connectivity index (χ0n) is 12.0. The van der Waals surface area contributed by atoms with Crippen LogP contribution in [0.5, 0.6) is 0 Å². The summed E-state index contributed by atoms with van der Waals surface area (Å²) in [4.78, 5) is 13.9. The third-order valence-electron chi connectivity index (χ3n) is 3.60. The van der Waals surface area contributed by atoms with Crippen molar-refractivity contribution in [3.05, 3.63) is 52.7 Å². The molecule has 1 aromatic rings. The molecule has 0 bridgehead atoms. The van der Waals surface area contributed by atoms with Crippen LogP contribution in [0.3, 0.4) is 0 Å². The van der Waals surface area contributed by atoms with Crippen molar-refractivity contribution in [2.45, 2.75) is 19.1 Å². The number of carbonyl (C=O) groups is 1. The first-order chi connectivity index (χ1) is 10.1. The van der Waals surface area contributed by atoms with Gasteiger partial charge in [0.1, 0.15) is 6.17 Å². The van der Waals surface area contributed by atoms with E-state index in [0.29, 0.717) is 0 Å². The summed E-state index contributed by atoms with van der Waals surface area (Å²) in [5, 5.41) is 7.25. The Labute approximate surface area is 128 Å². The van der Waals surface area contributed by atoms with Crippen LogP contribution in [0.15, 0.2) is 47.1 Å². The van der Waals surface area contributed by atoms with Crippen LogP contribution in [-0.2, 0) is 0 Å². The number of anilines is 1. The Bertz CT molecular complexity index is 621. The molecule has 2 heterocycles. The van der Waals surface area contributed by atoms with Crippen molar-refractivity contribution in [2.24, 2.45) is 5.73 Å². The van der Waals surface area contributed by atoms with E-state index in [9.17, 15) is 4.79 Å². The summed E-state index contributed by atoms with van der Waals surface area (Å²) in [5.74, 6) is 0. The molecule has 0 aliphatic carbocycles. The lowest BCUT2D eigenvalue weighted by molar-refractivity contribution is 0.244. The van der Waals surface area contributed by atoms with Crippen LogP contribution < -0.4 is 21.3 Å². The molecule has 2 atom stereocenters. The van der Waals surface area contributed by atoms with Gasteiger partial charge in [-0.25, -0.2) is 4.79 Å². The van der Waals surface area contributed by atoms with Gasteiger partial charge in [-0.1, -0.05) is 12.1 Å². The van der Waals surface area contributed by atoms with E-state index >= 15 is 0 Å². The fourth-order valence-corrected chi connectivity index (χ4v) is 2.87. The normalized spacial score (nSPS) is 22.0. The van der Waals surface area contributed by atoms with E-state index in [1.165, 1.54) is 0 Å². The molecule has 0 aromatic heterocycles. The maximum absolute atomic E-state index is 12.2. The molecule has 2 unspecified atom stereocenters. The first-order valence-electron chi connectivity index (χ1n) is 6.77. The number of benzene rings is 1. The van der Waals surface area contributed by atoms with Gasteiger partial charge in [-0.15, -0.1) is 11.8 Å². The van der Waals surface area contributed by atoms with E-state index in [-0.39, 0.29) is 18.2 Å². The monoisotopic (exact) mass is 302 g/mol. The molecule has 5 nitrogen and oxygen atoms in total. The van der Waals surface area contributed by atoms with Gasteiger partial charge >= 0.3 is 6.03 Å². The van der Waals surface area contributed by atoms with Crippen molar-refractivity contribution in [1.82, 2.24) is 10.6 Å². The lowest BCUT2D eigenvalue weighted by Crippen LogP contribution is -2.51. The van der Waals surface area contributed by atoms with Crippen molar-refractivity contribution in [1.29, 1.82) is 0 Å². The SMILES string of the molecule is CSC1=CC2=CN(c3ccc(C(C)N)cc3)C(=O)NC2N1. The van der Waals surface area contributed by atoms with Crippen LogP contribution in [0.4, 0.5) is 10.5 Å². The number of thioether (sulfide) groups is 1. The minimum absolute atomic E-state index is 0.0110. The standard InChI is InChI=1S/C15H18N4OS/c1-9(16)10-3-5-12(6-4-10)19-8-11-7-13(21-2)17-14(11)18-15(19)20/h3-9,14,17H,16H2,1-2H3,(H,18,20). The zero-order chi connectivity index (χ0) is 15.0. The topological polar surface area (TPSA) is 70.4 Å². The summed E-state index contributed by atoms with van der Waals surface area (Å²) < 4.78 is 0. The maximum atomic E-state index is 12.2. The molecule has 2 aliphatic rings. The quantitative estimate of drug-likeness (QED) is 0.801. The van der Waals surface area contributed by atoms with Crippen LogP contribution in [0, 0.1) is 0 Å². The third-order valence-corrected chi connectivity index (χ3v) is 4.27. The van der Waals surface area contributed by atoms with Crippen LogP contribution in [0.2, 0.25) is 0 Å². The Morgan fingerprint density at radius 2 is 2.00 bits per heavy atom. The van der Waals surface area contributed by atoms with Crippen LogP contribution in [0.1, 0.15) is 18.5 Å². The van der Waals surface area contributed by atoms with E-state index in [0.717, 1.165) is 21.9 Å². The number of nitrogens with two attached hydrogens (primary N) is 1. The van der Waals surface area contributed by atoms with Gasteiger partial charge in [-0.2, -0.15) is 0 Å². The highest BCUT2D eigenvalue weighted by Crippen LogP contribution is 2.27. The molecular weight excluding hydrogens is 284 g/mol. The van der Waals surface area contributed by atoms with Crippen LogP contribution >= 0.6 is 11.8 Å². The van der Waals surface area contributed by atoms with Gasteiger partial charge in [0.2, 0.25) is 0 Å². The molecule has 0 spiro atoms. The highest BCUT2D eigenvalue weighted by Gasteiger charge is 2.30. The molecule has 4 N–H and O–H groups in total. The first-order valence-corrected chi connectivity index (χ1v) is 8.00. The lowest BCUT2D eigenvalue weighted by atomic mass is 10.1. The Morgan fingerprint density at radius 3 is 2.62 bits per heavy atom. The molecule has 6 heteroatoms. The summed E-state index contributed by atoms with van der Waals surface area (Å²) in [5.41, 5.74) is 8.78. The van der Waals surface area contributed by atoms with Gasteiger partial charge in [0.15, 0.2) is 0 Å². The first kappa shape index (κ1) is 14.0. The molecule has 1 aromatic carbocycles. The average molecular weight is 302 g/mol. The fraction of sp³-hybridized carbons (Fsp3) is 0.267. The Balaban J connectivity index is 1.89. The number of hydrogen-bond donors (Lipinski definition) is 3. The molecule has 2 aliphatic heterocycles. The molecule has 110 valence electrons. The van der Waals surface area contributed by atoms with Crippen LogP contribution in [0.25, 0.3) is 0 Å². The predicted molar refractivity (Wildman–Crippen MR) is 86.7 cm³/mol.